The summed E-state index contributed by atoms with van der Waals surface area (Å²) in [5, 5.41) is 8.99. The smallest absolute Gasteiger partial charge is 0.335 e. The van der Waals surface area contributed by atoms with Crippen molar-refractivity contribution in [2.45, 2.75) is 44.6 Å². The van der Waals surface area contributed by atoms with Crippen LogP contribution in [0.1, 0.15) is 59.2 Å². The molecule has 0 aliphatic heterocycles. The third-order valence-electron chi connectivity index (χ3n) is 4.05. The molecular weight excluding hydrogens is 254 g/mol. The molecule has 0 saturated heterocycles. The summed E-state index contributed by atoms with van der Waals surface area (Å²) in [4.78, 5) is 25.2. The Morgan fingerprint density at radius 2 is 1.70 bits per heavy atom. The molecule has 1 fully saturated rings. The fourth-order valence-corrected chi connectivity index (χ4v) is 2.80. The summed E-state index contributed by atoms with van der Waals surface area (Å²) in [6.45, 7) is 0. The highest BCUT2D eigenvalue weighted by Gasteiger charge is 2.22. The van der Waals surface area contributed by atoms with Crippen molar-refractivity contribution in [2.24, 2.45) is 0 Å². The van der Waals surface area contributed by atoms with E-state index >= 15 is 0 Å². The van der Waals surface area contributed by atoms with Crippen LogP contribution in [0.2, 0.25) is 0 Å². The molecule has 1 aliphatic rings. The topological polar surface area (TPSA) is 57.6 Å². The molecular formula is C16H21NO3. The lowest BCUT2D eigenvalue weighted by Crippen LogP contribution is -2.36. The molecule has 4 heteroatoms. The Bertz CT molecular complexity index is 490. The minimum absolute atomic E-state index is 0.0833. The normalized spacial score (nSPS) is 16.4. The van der Waals surface area contributed by atoms with Gasteiger partial charge in [-0.05, 0) is 31.0 Å². The van der Waals surface area contributed by atoms with E-state index in [1.54, 1.807) is 17.0 Å². The van der Waals surface area contributed by atoms with Crippen LogP contribution >= 0.6 is 0 Å². The van der Waals surface area contributed by atoms with Gasteiger partial charge in [0.15, 0.2) is 0 Å². The van der Waals surface area contributed by atoms with Crippen LogP contribution in [0, 0.1) is 0 Å². The van der Waals surface area contributed by atoms with E-state index in [4.69, 9.17) is 5.11 Å². The van der Waals surface area contributed by atoms with Crippen LogP contribution in [0.15, 0.2) is 24.3 Å². The SMILES string of the molecule is CN(C(=O)c1cccc(C(=O)O)c1)C1CCCCCC1. The van der Waals surface area contributed by atoms with Crippen LogP contribution in [0.25, 0.3) is 0 Å². The fourth-order valence-electron chi connectivity index (χ4n) is 2.80. The van der Waals surface area contributed by atoms with E-state index in [2.05, 4.69) is 0 Å². The van der Waals surface area contributed by atoms with Gasteiger partial charge in [0.05, 0.1) is 5.56 Å². The van der Waals surface area contributed by atoms with Crippen molar-refractivity contribution >= 4 is 11.9 Å². The third-order valence-corrected chi connectivity index (χ3v) is 4.05. The van der Waals surface area contributed by atoms with Crippen LogP contribution in [0.4, 0.5) is 0 Å². The predicted octanol–water partition coefficient (Wildman–Crippen LogP) is 3.18. The van der Waals surface area contributed by atoms with E-state index in [1.807, 2.05) is 7.05 Å². The Hall–Kier alpha value is -1.84. The Morgan fingerprint density at radius 1 is 1.10 bits per heavy atom. The van der Waals surface area contributed by atoms with Gasteiger partial charge in [-0.1, -0.05) is 31.7 Å². The van der Waals surface area contributed by atoms with Crippen LogP contribution < -0.4 is 0 Å². The molecule has 0 bridgehead atoms. The number of rotatable bonds is 3. The average Bonchev–Trinajstić information content (AvgIpc) is 2.75. The van der Waals surface area contributed by atoms with Gasteiger partial charge < -0.3 is 10.0 Å². The highest BCUT2D eigenvalue weighted by molar-refractivity contribution is 5.97. The molecule has 108 valence electrons. The summed E-state index contributed by atoms with van der Waals surface area (Å²) >= 11 is 0. The molecule has 1 aromatic carbocycles. The monoisotopic (exact) mass is 275 g/mol. The van der Waals surface area contributed by atoms with Gasteiger partial charge in [-0.15, -0.1) is 0 Å². The zero-order valence-corrected chi connectivity index (χ0v) is 11.8. The van der Waals surface area contributed by atoms with Gasteiger partial charge in [0.25, 0.3) is 5.91 Å². The molecule has 2 rings (SSSR count). The second-order valence-corrected chi connectivity index (χ2v) is 5.45. The largest absolute Gasteiger partial charge is 0.478 e. The van der Waals surface area contributed by atoms with Gasteiger partial charge in [0.2, 0.25) is 0 Å². The molecule has 20 heavy (non-hydrogen) atoms. The molecule has 1 aromatic rings. The lowest BCUT2D eigenvalue weighted by molar-refractivity contribution is 0.0697. The zero-order chi connectivity index (χ0) is 14.5. The Labute approximate surface area is 119 Å². The number of hydrogen-bond acceptors (Lipinski definition) is 2. The molecule has 1 N–H and O–H groups in total. The number of carboxylic acids is 1. The molecule has 0 radical (unpaired) electrons. The molecule has 1 saturated carbocycles. The summed E-state index contributed by atoms with van der Waals surface area (Å²) in [6, 6.07) is 6.54. The van der Waals surface area contributed by atoms with E-state index in [1.165, 1.54) is 25.0 Å². The standard InChI is InChI=1S/C16H21NO3/c1-17(14-9-4-2-3-5-10-14)15(18)12-7-6-8-13(11-12)16(19)20/h6-8,11,14H,2-5,9-10H2,1H3,(H,19,20). The van der Waals surface area contributed by atoms with E-state index in [-0.39, 0.29) is 17.5 Å². The molecule has 4 nitrogen and oxygen atoms in total. The number of benzene rings is 1. The van der Waals surface area contributed by atoms with Crippen molar-refractivity contribution in [3.63, 3.8) is 0 Å². The summed E-state index contributed by atoms with van der Waals surface area (Å²) in [5.74, 6) is -1.09. The number of amides is 1. The molecule has 0 atom stereocenters. The van der Waals surface area contributed by atoms with Gasteiger partial charge in [0, 0.05) is 18.7 Å². The summed E-state index contributed by atoms with van der Waals surface area (Å²) in [5.41, 5.74) is 0.613. The summed E-state index contributed by atoms with van der Waals surface area (Å²) in [6.07, 6.45) is 6.90. The third kappa shape index (κ3) is 3.38. The number of nitrogens with zero attached hydrogens (tertiary/aromatic N) is 1. The van der Waals surface area contributed by atoms with Crippen molar-refractivity contribution in [1.29, 1.82) is 0 Å². The van der Waals surface area contributed by atoms with Gasteiger partial charge >= 0.3 is 5.97 Å². The van der Waals surface area contributed by atoms with E-state index in [0.717, 1.165) is 25.7 Å². The minimum atomic E-state index is -1.00. The average molecular weight is 275 g/mol. The number of aromatic carboxylic acids is 1. The van der Waals surface area contributed by atoms with Crippen molar-refractivity contribution in [3.8, 4) is 0 Å². The fraction of sp³-hybridized carbons (Fsp3) is 0.500. The van der Waals surface area contributed by atoms with Crippen LogP contribution in [0.3, 0.4) is 0 Å². The lowest BCUT2D eigenvalue weighted by atomic mass is 10.1. The number of carboxylic acid groups (broad SMARTS) is 1. The quantitative estimate of drug-likeness (QED) is 0.862. The molecule has 1 amide bonds. The number of carbonyl (C=O) groups excluding carboxylic acids is 1. The lowest BCUT2D eigenvalue weighted by Gasteiger charge is -2.27. The molecule has 0 heterocycles. The van der Waals surface area contributed by atoms with Gasteiger partial charge in [-0.25, -0.2) is 4.79 Å². The molecule has 0 aromatic heterocycles. The Kier molecular flexibility index (Phi) is 4.77. The molecule has 0 unspecified atom stereocenters. The van der Waals surface area contributed by atoms with E-state index in [9.17, 15) is 9.59 Å². The first kappa shape index (κ1) is 14.6. The highest BCUT2D eigenvalue weighted by Crippen LogP contribution is 2.22. The van der Waals surface area contributed by atoms with Crippen LogP contribution in [0.5, 0.6) is 0 Å². The Balaban J connectivity index is 2.13. The first-order valence-electron chi connectivity index (χ1n) is 7.20. The van der Waals surface area contributed by atoms with Gasteiger partial charge in [0.1, 0.15) is 0 Å². The van der Waals surface area contributed by atoms with Crippen molar-refractivity contribution in [3.05, 3.63) is 35.4 Å². The summed E-state index contributed by atoms with van der Waals surface area (Å²) < 4.78 is 0. The summed E-state index contributed by atoms with van der Waals surface area (Å²) in [7, 11) is 1.83. The van der Waals surface area contributed by atoms with Crippen molar-refractivity contribution < 1.29 is 14.7 Å². The van der Waals surface area contributed by atoms with Crippen molar-refractivity contribution in [1.82, 2.24) is 4.90 Å². The first-order valence-corrected chi connectivity index (χ1v) is 7.20. The van der Waals surface area contributed by atoms with Gasteiger partial charge in [-0.3, -0.25) is 4.79 Å². The second kappa shape index (κ2) is 6.55. The first-order chi connectivity index (χ1) is 9.59. The van der Waals surface area contributed by atoms with Crippen molar-refractivity contribution in [2.75, 3.05) is 7.05 Å². The van der Waals surface area contributed by atoms with E-state index < -0.39 is 5.97 Å². The highest BCUT2D eigenvalue weighted by atomic mass is 16.4. The molecule has 1 aliphatic carbocycles. The zero-order valence-electron chi connectivity index (χ0n) is 11.8. The van der Waals surface area contributed by atoms with Crippen LogP contribution in [-0.4, -0.2) is 35.0 Å². The van der Waals surface area contributed by atoms with Gasteiger partial charge in [-0.2, -0.15) is 0 Å². The minimum Gasteiger partial charge on any atom is -0.478 e. The maximum Gasteiger partial charge on any atom is 0.335 e. The maximum absolute atomic E-state index is 12.5. The molecule has 0 spiro atoms. The predicted molar refractivity (Wildman–Crippen MR) is 77.0 cm³/mol. The maximum atomic E-state index is 12.5. The second-order valence-electron chi connectivity index (χ2n) is 5.45. The number of hydrogen-bond donors (Lipinski definition) is 1. The Morgan fingerprint density at radius 3 is 2.30 bits per heavy atom. The van der Waals surface area contributed by atoms with Crippen LogP contribution in [-0.2, 0) is 0 Å². The van der Waals surface area contributed by atoms with E-state index in [0.29, 0.717) is 5.56 Å². The number of carbonyl (C=O) groups is 2.